The molecular weight excluding hydrogens is 768 g/mol. The van der Waals surface area contributed by atoms with Gasteiger partial charge in [0.25, 0.3) is 11.9 Å². The van der Waals surface area contributed by atoms with Crippen LogP contribution in [0, 0.1) is 22.2 Å². The molecule has 18 nitrogen and oxygen atoms in total. The maximum Gasteiger partial charge on any atom is 0.341 e. The van der Waals surface area contributed by atoms with Crippen LogP contribution >= 0.6 is 0 Å². The van der Waals surface area contributed by atoms with E-state index in [9.17, 15) is 29.4 Å². The molecule has 9 rings (SSSR count). The maximum absolute atomic E-state index is 14.3. The number of hydrogen-bond acceptors (Lipinski definition) is 18. The zero-order valence-corrected chi connectivity index (χ0v) is 34.5. The van der Waals surface area contributed by atoms with E-state index >= 15 is 0 Å². The summed E-state index contributed by atoms with van der Waals surface area (Å²) in [5, 5.41) is 27.4. The molecule has 2 N–H and O–H groups in total. The molecule has 0 amide bonds. The number of aliphatic hydroxyl groups is 2. The minimum absolute atomic E-state index is 0.166. The zero-order chi connectivity index (χ0) is 42.3. The van der Waals surface area contributed by atoms with E-state index in [1.165, 1.54) is 54.6 Å². The summed E-state index contributed by atoms with van der Waals surface area (Å²) in [6, 6.07) is 1.58. The molecule has 4 aliphatic heterocycles. The van der Waals surface area contributed by atoms with Crippen LogP contribution in [-0.4, -0.2) is 125 Å². The van der Waals surface area contributed by atoms with Crippen LogP contribution in [0.3, 0.4) is 0 Å². The van der Waals surface area contributed by atoms with Gasteiger partial charge in [-0.2, -0.15) is 0 Å². The lowest BCUT2D eigenvalue weighted by Gasteiger charge is -2.78. The molecule has 2 spiro atoms. The maximum atomic E-state index is 14.3. The molecule has 17 atom stereocenters. The van der Waals surface area contributed by atoms with Crippen LogP contribution in [0.15, 0.2) is 23.0 Å². The predicted molar refractivity (Wildman–Crippen MR) is 187 cm³/mol. The van der Waals surface area contributed by atoms with Crippen LogP contribution in [0.4, 0.5) is 0 Å². The van der Waals surface area contributed by atoms with Gasteiger partial charge in [-0.25, -0.2) is 4.79 Å². The fraction of sp³-hybridized carbons (Fsp3) is 0.800. The Hall–Kier alpha value is -3.20. The molecule has 4 saturated heterocycles. The Bertz CT molecular complexity index is 1990. The van der Waals surface area contributed by atoms with Crippen LogP contribution in [-0.2, 0) is 71.3 Å². The Labute approximate surface area is 334 Å². The first kappa shape index (κ1) is 40.2. The summed E-state index contributed by atoms with van der Waals surface area (Å²) in [5.74, 6) is -8.10. The Morgan fingerprint density at radius 3 is 2.16 bits per heavy atom. The summed E-state index contributed by atoms with van der Waals surface area (Å²) in [5.41, 5.74) is -16.7. The standard InChI is InChI=1S/C40H52O18/c1-19-32(5,53-19)29(45)52-27-30(3)18-36(46)33(6,22(30)14-24(43)47-9)39-23(42)15-31(4,26(51-20(2)41)21-12-13-50-17-21)37(16-25(44)48-10)40(39,58-35(8,55-37)57-39)28-38(27,36)56-34(7,49-11)54-28/h12-13,17,19,22-23,26-28,42,46H,14-16,18H2,1-11H3/t19?,22-,23+,26-,27-,28+,30?,31-,32?,33+,34+,35?,36+,37-,38-,39-,40-/m0/s1. The van der Waals surface area contributed by atoms with Gasteiger partial charge in [-0.05, 0) is 38.7 Å². The number of carbonyl (C=O) groups excluding carboxylic acids is 4. The Morgan fingerprint density at radius 2 is 1.59 bits per heavy atom. The minimum Gasteiger partial charge on any atom is -0.472 e. The van der Waals surface area contributed by atoms with E-state index in [-0.39, 0.29) is 19.3 Å². The second-order valence-corrected chi connectivity index (χ2v) is 18.6. The fourth-order valence-corrected chi connectivity index (χ4v) is 13.8. The molecule has 1 aromatic rings. The number of esters is 4. The molecule has 4 saturated carbocycles. The number of epoxide rings is 1. The average molecular weight is 821 g/mol. The lowest BCUT2D eigenvalue weighted by Crippen LogP contribution is -2.97. The number of rotatable bonds is 10. The van der Waals surface area contributed by atoms with Crippen molar-refractivity contribution in [3.63, 3.8) is 0 Å². The highest BCUT2D eigenvalue weighted by atomic mass is 17.0. The van der Waals surface area contributed by atoms with E-state index < -0.39 is 129 Å². The van der Waals surface area contributed by atoms with E-state index in [0.717, 1.165) is 0 Å². The molecule has 58 heavy (non-hydrogen) atoms. The third-order valence-electron chi connectivity index (χ3n) is 16.1. The Balaban J connectivity index is 1.41. The summed E-state index contributed by atoms with van der Waals surface area (Å²) in [4.78, 5) is 55.2. The monoisotopic (exact) mass is 820 g/mol. The number of ether oxygens (including phenoxy) is 11. The third kappa shape index (κ3) is 3.97. The quantitative estimate of drug-likeness (QED) is 0.196. The van der Waals surface area contributed by atoms with Gasteiger partial charge in [-0.15, -0.1) is 0 Å². The first-order valence-electron chi connectivity index (χ1n) is 19.6. The number of carbonyl (C=O) groups is 4. The molecule has 8 aliphatic rings. The molecular formula is C40H52O18. The van der Waals surface area contributed by atoms with Gasteiger partial charge in [0.1, 0.15) is 35.1 Å². The molecule has 320 valence electrons. The van der Waals surface area contributed by atoms with Crippen LogP contribution in [0.25, 0.3) is 0 Å². The lowest BCUT2D eigenvalue weighted by molar-refractivity contribution is -0.468. The van der Waals surface area contributed by atoms with Crippen LogP contribution < -0.4 is 0 Å². The van der Waals surface area contributed by atoms with E-state index in [2.05, 4.69) is 0 Å². The summed E-state index contributed by atoms with van der Waals surface area (Å²) >= 11 is 0. The topological polar surface area (TPSA) is 227 Å². The number of fused-ring (bicyclic) bond motifs is 2. The largest absolute Gasteiger partial charge is 0.472 e. The SMILES string of the molecule is COC(=O)C[C@H]1C2(C)C[C@]3(O)[C@]4(O[C@](C)(OC)O[C@H]4[C@]45OC6(C)O[C@@]4(CC(=O)OC)[C@](C)([C@@H](OC(C)=O)c4ccoc4)C[C@@H](O)[C@]5(O6)[C@]13C)[C@H]2OC(=O)C1(C)OC1C. The van der Waals surface area contributed by atoms with Gasteiger partial charge in [0, 0.05) is 56.1 Å². The van der Waals surface area contributed by atoms with Crippen LogP contribution in [0.5, 0.6) is 0 Å². The third-order valence-corrected chi connectivity index (χ3v) is 16.1. The average Bonchev–Trinajstić information content (AvgIpc) is 3.74. The van der Waals surface area contributed by atoms with Gasteiger partial charge in [0.05, 0.1) is 45.4 Å². The molecule has 8 fully saturated rings. The van der Waals surface area contributed by atoms with Crippen molar-refractivity contribution < 1.29 is 85.9 Å². The van der Waals surface area contributed by atoms with Gasteiger partial charge in [0.15, 0.2) is 16.8 Å². The first-order chi connectivity index (χ1) is 26.9. The predicted octanol–water partition coefficient (Wildman–Crippen LogP) is 2.10. The number of methoxy groups -OCH3 is 3. The van der Waals surface area contributed by atoms with Crippen molar-refractivity contribution in [2.24, 2.45) is 22.2 Å². The van der Waals surface area contributed by atoms with Crippen LogP contribution in [0.2, 0.25) is 0 Å². The van der Waals surface area contributed by atoms with Crippen molar-refractivity contribution >= 4 is 23.9 Å². The highest BCUT2D eigenvalue weighted by Gasteiger charge is 3.07. The van der Waals surface area contributed by atoms with E-state index in [1.807, 2.05) is 0 Å². The van der Waals surface area contributed by atoms with Crippen molar-refractivity contribution in [2.45, 2.75) is 157 Å². The fourth-order valence-electron chi connectivity index (χ4n) is 13.8. The van der Waals surface area contributed by atoms with Crippen molar-refractivity contribution in [3.8, 4) is 0 Å². The summed E-state index contributed by atoms with van der Waals surface area (Å²) < 4.78 is 75.7. The van der Waals surface area contributed by atoms with Gasteiger partial charge in [-0.3, -0.25) is 14.4 Å². The normalized spacial score (nSPS) is 54.1. The first-order valence-corrected chi connectivity index (χ1v) is 19.6. The highest BCUT2D eigenvalue weighted by molar-refractivity contribution is 5.83. The van der Waals surface area contributed by atoms with Crippen molar-refractivity contribution in [3.05, 3.63) is 24.2 Å². The van der Waals surface area contributed by atoms with Gasteiger partial charge in [-0.1, -0.05) is 20.8 Å². The summed E-state index contributed by atoms with van der Waals surface area (Å²) in [6.45, 7) is 12.6. The van der Waals surface area contributed by atoms with Gasteiger partial charge in [0.2, 0.25) is 0 Å². The molecule has 18 heteroatoms. The highest BCUT2D eigenvalue weighted by Crippen LogP contribution is 2.90. The van der Waals surface area contributed by atoms with E-state index in [0.29, 0.717) is 5.56 Å². The zero-order valence-electron chi connectivity index (χ0n) is 34.5. The van der Waals surface area contributed by atoms with Crippen molar-refractivity contribution in [1.29, 1.82) is 0 Å². The van der Waals surface area contributed by atoms with Gasteiger partial charge < -0.3 is 66.7 Å². The molecule has 4 aliphatic carbocycles. The number of hydrogen-bond donors (Lipinski definition) is 2. The molecule has 5 heterocycles. The second-order valence-electron chi connectivity index (χ2n) is 18.6. The summed E-state index contributed by atoms with van der Waals surface area (Å²) in [7, 11) is 3.75. The molecule has 0 radical (unpaired) electrons. The van der Waals surface area contributed by atoms with Crippen molar-refractivity contribution in [1.82, 2.24) is 0 Å². The van der Waals surface area contributed by atoms with Crippen LogP contribution in [0.1, 0.15) is 92.7 Å². The lowest BCUT2D eigenvalue weighted by atomic mass is 9.32. The molecule has 1 aromatic heterocycles. The Kier molecular flexibility index (Phi) is 7.89. The molecule has 0 aromatic carbocycles. The van der Waals surface area contributed by atoms with E-state index in [1.54, 1.807) is 40.7 Å². The van der Waals surface area contributed by atoms with E-state index in [4.69, 9.17) is 56.5 Å². The smallest absolute Gasteiger partial charge is 0.341 e. The van der Waals surface area contributed by atoms with Crippen molar-refractivity contribution in [2.75, 3.05) is 21.3 Å². The molecule has 4 bridgehead atoms. The second kappa shape index (κ2) is 11.4. The minimum atomic E-state index is -2.28. The number of aliphatic hydroxyl groups excluding tert-OH is 1. The Morgan fingerprint density at radius 1 is 0.931 bits per heavy atom. The summed E-state index contributed by atoms with van der Waals surface area (Å²) in [6.07, 6.45) is -5.29. The molecule has 4 unspecified atom stereocenters. The van der Waals surface area contributed by atoms with Gasteiger partial charge >= 0.3 is 23.9 Å². The number of furan rings is 1.